The topological polar surface area (TPSA) is 0 Å². The standard InChI is InChI=1S/C7H4BF6.K/c9-4-1-6(10)5(7(11)2-4)3-8(12,13)14;/h1-2H,3H2;/q-1;+1. The summed E-state index contributed by atoms with van der Waals surface area (Å²) in [6.45, 7) is -5.33. The summed E-state index contributed by atoms with van der Waals surface area (Å²) in [5.74, 6) is -4.26. The van der Waals surface area contributed by atoms with Crippen molar-refractivity contribution in [3.05, 3.63) is 35.1 Å². The maximum absolute atomic E-state index is 12.7. The van der Waals surface area contributed by atoms with Crippen LogP contribution in [-0.2, 0) is 6.32 Å². The Morgan fingerprint density at radius 3 is 1.67 bits per heavy atom. The molecule has 1 aromatic rings. The minimum absolute atomic E-state index is 0. The predicted molar refractivity (Wildman–Crippen MR) is 39.1 cm³/mol. The Bertz CT molecular complexity index is 327. The molecular weight excluding hydrogens is 248 g/mol. The molecule has 1 aromatic carbocycles. The van der Waals surface area contributed by atoms with E-state index >= 15 is 0 Å². The smallest absolute Gasteiger partial charge is 0.449 e. The Labute approximate surface area is 125 Å². The van der Waals surface area contributed by atoms with Crippen LogP contribution in [-0.4, -0.2) is 6.98 Å². The summed E-state index contributed by atoms with van der Waals surface area (Å²) in [4.78, 5) is 0. The zero-order valence-electron chi connectivity index (χ0n) is 7.71. The van der Waals surface area contributed by atoms with Gasteiger partial charge in [-0.25, -0.2) is 13.2 Å². The molecule has 1 rings (SSSR count). The molecule has 0 aliphatic carbocycles. The van der Waals surface area contributed by atoms with Gasteiger partial charge in [0, 0.05) is 12.1 Å². The maximum Gasteiger partial charge on any atom is 1.00 e. The minimum Gasteiger partial charge on any atom is -0.449 e. The van der Waals surface area contributed by atoms with Gasteiger partial charge >= 0.3 is 58.4 Å². The average molecular weight is 252 g/mol. The zero-order valence-corrected chi connectivity index (χ0v) is 10.8. The molecule has 15 heavy (non-hydrogen) atoms. The van der Waals surface area contributed by atoms with E-state index in [9.17, 15) is 26.1 Å². The molecule has 0 nitrogen and oxygen atoms in total. The molecule has 0 bridgehead atoms. The average Bonchev–Trinajstić information content (AvgIpc) is 1.95. The van der Waals surface area contributed by atoms with E-state index in [0.29, 0.717) is 0 Å². The van der Waals surface area contributed by atoms with Crippen molar-refractivity contribution in [3.8, 4) is 0 Å². The van der Waals surface area contributed by atoms with Crippen molar-refractivity contribution in [2.45, 2.75) is 6.32 Å². The van der Waals surface area contributed by atoms with E-state index in [4.69, 9.17) is 0 Å². The molecule has 0 N–H and O–H groups in total. The summed E-state index contributed by atoms with van der Waals surface area (Å²) in [5.41, 5.74) is -1.14. The Balaban J connectivity index is 0.00000196. The quantitative estimate of drug-likeness (QED) is 0.515. The van der Waals surface area contributed by atoms with E-state index in [-0.39, 0.29) is 63.5 Å². The van der Waals surface area contributed by atoms with Crippen LogP contribution in [0.15, 0.2) is 12.1 Å². The first-order chi connectivity index (χ1) is 6.29. The first kappa shape index (κ1) is 15.5. The first-order valence-electron chi connectivity index (χ1n) is 3.64. The Hall–Kier alpha value is 0.501. The van der Waals surface area contributed by atoms with E-state index in [1.165, 1.54) is 0 Å². The molecule has 0 unspecified atom stereocenters. The Morgan fingerprint density at radius 1 is 0.933 bits per heavy atom. The molecule has 0 aliphatic heterocycles. The maximum atomic E-state index is 12.7. The summed E-state index contributed by atoms with van der Waals surface area (Å²) in [7, 11) is 0. The molecule has 0 aliphatic rings. The number of hydrogen-bond donors (Lipinski definition) is 0. The van der Waals surface area contributed by atoms with Crippen LogP contribution in [0.1, 0.15) is 5.56 Å². The fourth-order valence-corrected chi connectivity index (χ4v) is 0.999. The van der Waals surface area contributed by atoms with E-state index in [1.54, 1.807) is 0 Å². The van der Waals surface area contributed by atoms with Crippen LogP contribution in [0.2, 0.25) is 0 Å². The molecule has 0 atom stereocenters. The molecule has 0 fully saturated rings. The van der Waals surface area contributed by atoms with Crippen LogP contribution in [0.3, 0.4) is 0 Å². The van der Waals surface area contributed by atoms with E-state index < -0.39 is 36.3 Å². The summed E-state index contributed by atoms with van der Waals surface area (Å²) >= 11 is 0. The summed E-state index contributed by atoms with van der Waals surface area (Å²) < 4.78 is 73.1. The van der Waals surface area contributed by atoms with Crippen molar-refractivity contribution in [2.24, 2.45) is 0 Å². The van der Waals surface area contributed by atoms with Crippen LogP contribution in [0.5, 0.6) is 0 Å². The van der Waals surface area contributed by atoms with E-state index in [2.05, 4.69) is 0 Å². The molecule has 8 heteroatoms. The monoisotopic (exact) mass is 252 g/mol. The largest absolute Gasteiger partial charge is 1.00 e. The van der Waals surface area contributed by atoms with Crippen molar-refractivity contribution in [2.75, 3.05) is 0 Å². The normalized spacial score (nSPS) is 11.1. The van der Waals surface area contributed by atoms with Crippen molar-refractivity contribution >= 4 is 6.98 Å². The Morgan fingerprint density at radius 2 is 1.33 bits per heavy atom. The Kier molecular flexibility index (Phi) is 5.91. The summed E-state index contributed by atoms with van der Waals surface area (Å²) in [6, 6.07) is 0.445. The third kappa shape index (κ3) is 4.90. The van der Waals surface area contributed by atoms with Gasteiger partial charge in [0.25, 0.3) is 0 Å². The molecule has 0 saturated carbocycles. The molecule has 0 aromatic heterocycles. The second-order valence-corrected chi connectivity index (χ2v) is 2.76. The van der Waals surface area contributed by atoms with Gasteiger partial charge in [0.15, 0.2) is 0 Å². The van der Waals surface area contributed by atoms with Gasteiger partial charge in [0.05, 0.1) is 0 Å². The zero-order chi connectivity index (χ0) is 10.9. The molecular formula is C7H4BF6K. The summed E-state index contributed by atoms with van der Waals surface area (Å²) in [6.07, 6.45) is -1.68. The number of rotatable bonds is 2. The molecule has 0 saturated heterocycles. The van der Waals surface area contributed by atoms with Gasteiger partial charge in [-0.1, -0.05) is 6.32 Å². The predicted octanol–water partition coefficient (Wildman–Crippen LogP) is 0.0370. The summed E-state index contributed by atoms with van der Waals surface area (Å²) in [5, 5.41) is 0. The second-order valence-electron chi connectivity index (χ2n) is 2.76. The third-order valence-electron chi connectivity index (χ3n) is 1.54. The van der Waals surface area contributed by atoms with Gasteiger partial charge in [-0.15, -0.1) is 0 Å². The number of benzene rings is 1. The second kappa shape index (κ2) is 5.72. The number of halogens is 6. The van der Waals surface area contributed by atoms with Gasteiger partial charge in [-0.05, 0) is 5.56 Å². The van der Waals surface area contributed by atoms with Crippen LogP contribution in [0.25, 0.3) is 0 Å². The van der Waals surface area contributed by atoms with Crippen molar-refractivity contribution in [1.82, 2.24) is 0 Å². The van der Waals surface area contributed by atoms with Gasteiger partial charge in [0.1, 0.15) is 17.5 Å². The SMILES string of the molecule is Fc1cc(F)c(C[B-](F)(F)F)c(F)c1.[K+]. The molecule has 78 valence electrons. The fourth-order valence-electron chi connectivity index (χ4n) is 0.999. The van der Waals surface area contributed by atoms with Crippen LogP contribution in [0.4, 0.5) is 26.1 Å². The molecule has 0 heterocycles. The van der Waals surface area contributed by atoms with E-state index in [1.807, 2.05) is 0 Å². The van der Waals surface area contributed by atoms with Gasteiger partial charge in [-0.3, -0.25) is 0 Å². The molecule has 0 amide bonds. The van der Waals surface area contributed by atoms with Crippen molar-refractivity contribution in [3.63, 3.8) is 0 Å². The van der Waals surface area contributed by atoms with Crippen LogP contribution >= 0.6 is 0 Å². The van der Waals surface area contributed by atoms with Gasteiger partial charge < -0.3 is 12.9 Å². The van der Waals surface area contributed by atoms with Gasteiger partial charge in [-0.2, -0.15) is 0 Å². The third-order valence-corrected chi connectivity index (χ3v) is 1.54. The van der Waals surface area contributed by atoms with E-state index in [0.717, 1.165) is 0 Å². The van der Waals surface area contributed by atoms with Crippen molar-refractivity contribution in [1.29, 1.82) is 0 Å². The molecule has 0 spiro atoms. The van der Waals surface area contributed by atoms with Crippen molar-refractivity contribution < 1.29 is 77.5 Å². The molecule has 0 radical (unpaired) electrons. The fraction of sp³-hybridized carbons (Fsp3) is 0.143. The van der Waals surface area contributed by atoms with Crippen LogP contribution < -0.4 is 51.4 Å². The van der Waals surface area contributed by atoms with Crippen LogP contribution in [0, 0.1) is 17.5 Å². The van der Waals surface area contributed by atoms with Gasteiger partial charge in [0.2, 0.25) is 0 Å². The number of hydrogen-bond acceptors (Lipinski definition) is 0. The first-order valence-corrected chi connectivity index (χ1v) is 3.64. The minimum atomic E-state index is -5.33.